The van der Waals surface area contributed by atoms with E-state index in [0.717, 1.165) is 23.0 Å². The lowest BCUT2D eigenvalue weighted by Crippen LogP contribution is -2.26. The maximum Gasteiger partial charge on any atom is 0.261 e. The number of thiophene rings is 1. The molecule has 1 amide bonds. The molecule has 1 aromatic rings. The molecule has 1 aliphatic rings. The number of ether oxygens (including phenoxy) is 1. The third-order valence-electron chi connectivity index (χ3n) is 2.97. The molecule has 0 atom stereocenters. The van der Waals surface area contributed by atoms with Crippen LogP contribution in [0.5, 0.6) is 0 Å². The number of carbonyl (C=O) groups is 1. The molecule has 0 aliphatic heterocycles. The van der Waals surface area contributed by atoms with Gasteiger partial charge >= 0.3 is 0 Å². The van der Waals surface area contributed by atoms with Crippen LogP contribution in [0.2, 0.25) is 0 Å². The van der Waals surface area contributed by atoms with Crippen molar-refractivity contribution in [1.82, 2.24) is 5.32 Å². The molecule has 1 aliphatic carbocycles. The van der Waals surface area contributed by atoms with Gasteiger partial charge in [-0.25, -0.2) is 0 Å². The number of amides is 1. The lowest BCUT2D eigenvalue weighted by Gasteiger charge is -2.08. The minimum atomic E-state index is 0.0387. The maximum atomic E-state index is 11.9. The zero-order valence-electron chi connectivity index (χ0n) is 10.3. The molecule has 3 nitrogen and oxygen atoms in total. The van der Waals surface area contributed by atoms with Gasteiger partial charge in [0.25, 0.3) is 5.91 Å². The molecule has 5 heteroatoms. The van der Waals surface area contributed by atoms with E-state index in [1.807, 2.05) is 0 Å². The zero-order chi connectivity index (χ0) is 12.8. The molecule has 18 heavy (non-hydrogen) atoms. The fourth-order valence-corrected chi connectivity index (χ4v) is 3.48. The summed E-state index contributed by atoms with van der Waals surface area (Å²) in [5.41, 5.74) is 1.38. The van der Waals surface area contributed by atoms with E-state index in [2.05, 4.69) is 27.3 Å². The summed E-state index contributed by atoms with van der Waals surface area (Å²) in [6.07, 6.45) is 4.79. The van der Waals surface area contributed by atoms with Crippen LogP contribution in [0, 0.1) is 0 Å². The topological polar surface area (TPSA) is 38.3 Å². The Kier molecular flexibility index (Phi) is 5.66. The Labute approximate surface area is 120 Å². The second-order valence-electron chi connectivity index (χ2n) is 4.32. The van der Waals surface area contributed by atoms with Crippen LogP contribution in [-0.4, -0.2) is 31.0 Å². The van der Waals surface area contributed by atoms with Crippen molar-refractivity contribution < 1.29 is 9.53 Å². The third-order valence-corrected chi connectivity index (χ3v) is 4.53. The summed E-state index contributed by atoms with van der Waals surface area (Å²) in [5, 5.41) is 3.73. The Morgan fingerprint density at radius 2 is 2.22 bits per heavy atom. The van der Waals surface area contributed by atoms with E-state index in [9.17, 15) is 4.79 Å². The molecule has 1 aromatic heterocycles. The van der Waals surface area contributed by atoms with Crippen molar-refractivity contribution >= 4 is 33.2 Å². The van der Waals surface area contributed by atoms with Crippen LogP contribution < -0.4 is 5.32 Å². The van der Waals surface area contributed by atoms with Gasteiger partial charge in [0.05, 0.1) is 18.1 Å². The SMILES string of the molecule is O=C(NCCOCCBr)c1cc2c(s1)CCCC2. The van der Waals surface area contributed by atoms with Crippen molar-refractivity contribution in [3.05, 3.63) is 21.4 Å². The predicted molar refractivity (Wildman–Crippen MR) is 77.9 cm³/mol. The van der Waals surface area contributed by atoms with Crippen molar-refractivity contribution in [2.24, 2.45) is 0 Å². The van der Waals surface area contributed by atoms with E-state index in [1.165, 1.54) is 23.3 Å². The van der Waals surface area contributed by atoms with Gasteiger partial charge in [-0.2, -0.15) is 0 Å². The summed E-state index contributed by atoms with van der Waals surface area (Å²) in [4.78, 5) is 14.2. The second kappa shape index (κ2) is 7.26. The Morgan fingerprint density at radius 3 is 3.00 bits per heavy atom. The van der Waals surface area contributed by atoms with Gasteiger partial charge in [0, 0.05) is 16.8 Å². The van der Waals surface area contributed by atoms with Crippen LogP contribution >= 0.6 is 27.3 Å². The second-order valence-corrected chi connectivity index (χ2v) is 6.25. The van der Waals surface area contributed by atoms with Crippen molar-refractivity contribution in [2.45, 2.75) is 25.7 Å². The van der Waals surface area contributed by atoms with E-state index in [-0.39, 0.29) is 5.91 Å². The molecular formula is C13H18BrNO2S. The van der Waals surface area contributed by atoms with Crippen LogP contribution in [0.15, 0.2) is 6.07 Å². The first-order chi connectivity index (χ1) is 8.81. The van der Waals surface area contributed by atoms with Gasteiger partial charge in [-0.1, -0.05) is 15.9 Å². The molecule has 0 fully saturated rings. The molecule has 0 bridgehead atoms. The molecule has 0 unspecified atom stereocenters. The lowest BCUT2D eigenvalue weighted by atomic mass is 9.99. The Balaban J connectivity index is 1.80. The van der Waals surface area contributed by atoms with Crippen LogP contribution in [0.1, 0.15) is 33.0 Å². The molecular weight excluding hydrogens is 314 g/mol. The Morgan fingerprint density at radius 1 is 1.39 bits per heavy atom. The number of nitrogens with one attached hydrogen (secondary N) is 1. The first-order valence-electron chi connectivity index (χ1n) is 6.34. The summed E-state index contributed by atoms with van der Waals surface area (Å²) in [6.45, 7) is 1.83. The quantitative estimate of drug-likeness (QED) is 0.643. The largest absolute Gasteiger partial charge is 0.379 e. The van der Waals surface area contributed by atoms with Gasteiger partial charge in [0.2, 0.25) is 0 Å². The highest BCUT2D eigenvalue weighted by atomic mass is 79.9. The smallest absolute Gasteiger partial charge is 0.261 e. The average Bonchev–Trinajstić information content (AvgIpc) is 2.82. The number of carbonyl (C=O) groups excluding carboxylic acids is 1. The van der Waals surface area contributed by atoms with Crippen LogP contribution in [-0.2, 0) is 17.6 Å². The first kappa shape index (κ1) is 14.0. The standard InChI is InChI=1S/C13H18BrNO2S/c14-5-7-17-8-6-15-13(16)12-9-10-3-1-2-4-11(10)18-12/h9H,1-8H2,(H,15,16). The van der Waals surface area contributed by atoms with Crippen LogP contribution in [0.25, 0.3) is 0 Å². The zero-order valence-corrected chi connectivity index (χ0v) is 12.7. The van der Waals surface area contributed by atoms with Gasteiger partial charge in [0.1, 0.15) is 0 Å². The number of halogens is 1. The van der Waals surface area contributed by atoms with Crippen molar-refractivity contribution in [2.75, 3.05) is 25.1 Å². The predicted octanol–water partition coefficient (Wildman–Crippen LogP) is 2.77. The van der Waals surface area contributed by atoms with Gasteiger partial charge in [0.15, 0.2) is 0 Å². The van der Waals surface area contributed by atoms with E-state index in [1.54, 1.807) is 11.3 Å². The maximum absolute atomic E-state index is 11.9. The highest BCUT2D eigenvalue weighted by molar-refractivity contribution is 9.09. The minimum Gasteiger partial charge on any atom is -0.379 e. The fourth-order valence-electron chi connectivity index (χ4n) is 2.08. The van der Waals surface area contributed by atoms with Crippen molar-refractivity contribution in [3.8, 4) is 0 Å². The summed E-state index contributed by atoms with van der Waals surface area (Å²) < 4.78 is 5.29. The molecule has 100 valence electrons. The third kappa shape index (κ3) is 3.80. The molecule has 1 heterocycles. The Hall–Kier alpha value is -0.390. The number of hydrogen-bond acceptors (Lipinski definition) is 3. The molecule has 0 saturated carbocycles. The van der Waals surface area contributed by atoms with E-state index >= 15 is 0 Å². The number of alkyl halides is 1. The summed E-state index contributed by atoms with van der Waals surface area (Å²) in [6, 6.07) is 2.06. The van der Waals surface area contributed by atoms with Crippen molar-refractivity contribution in [1.29, 1.82) is 0 Å². The molecule has 1 N–H and O–H groups in total. The highest BCUT2D eigenvalue weighted by Crippen LogP contribution is 2.29. The molecule has 0 aromatic carbocycles. The van der Waals surface area contributed by atoms with Gasteiger partial charge in [-0.15, -0.1) is 11.3 Å². The Bertz CT molecular complexity index is 382. The normalized spacial score (nSPS) is 14.3. The monoisotopic (exact) mass is 331 g/mol. The van der Waals surface area contributed by atoms with E-state index < -0.39 is 0 Å². The molecule has 0 saturated heterocycles. The van der Waals surface area contributed by atoms with Gasteiger partial charge in [-0.3, -0.25) is 4.79 Å². The number of aryl methyl sites for hydroxylation is 2. The lowest BCUT2D eigenvalue weighted by molar-refractivity contribution is 0.0928. The molecule has 0 radical (unpaired) electrons. The van der Waals surface area contributed by atoms with E-state index in [0.29, 0.717) is 19.8 Å². The van der Waals surface area contributed by atoms with Gasteiger partial charge < -0.3 is 10.1 Å². The molecule has 2 rings (SSSR count). The minimum absolute atomic E-state index is 0.0387. The molecule has 0 spiro atoms. The summed E-state index contributed by atoms with van der Waals surface area (Å²) in [7, 11) is 0. The van der Waals surface area contributed by atoms with E-state index in [4.69, 9.17) is 4.74 Å². The first-order valence-corrected chi connectivity index (χ1v) is 8.28. The number of fused-ring (bicyclic) bond motifs is 1. The van der Waals surface area contributed by atoms with Crippen LogP contribution in [0.4, 0.5) is 0 Å². The fraction of sp³-hybridized carbons (Fsp3) is 0.615. The summed E-state index contributed by atoms with van der Waals surface area (Å²) in [5.74, 6) is 0.0387. The number of hydrogen-bond donors (Lipinski definition) is 1. The summed E-state index contributed by atoms with van der Waals surface area (Å²) >= 11 is 4.94. The van der Waals surface area contributed by atoms with Gasteiger partial charge in [-0.05, 0) is 37.3 Å². The average molecular weight is 332 g/mol. The number of rotatable bonds is 6. The highest BCUT2D eigenvalue weighted by Gasteiger charge is 2.16. The van der Waals surface area contributed by atoms with Crippen LogP contribution in [0.3, 0.4) is 0 Å². The van der Waals surface area contributed by atoms with Crippen molar-refractivity contribution in [3.63, 3.8) is 0 Å².